The van der Waals surface area contributed by atoms with E-state index < -0.39 is 17.8 Å². The number of amides is 1. The SMILES string of the molecule is Cc1nc(COc2ccc(Cl)cc2)sc1C(=O)N[C@@H](C)c1ccc(C(F)(F)F)cc1. The van der Waals surface area contributed by atoms with Crippen molar-refractivity contribution in [2.45, 2.75) is 32.7 Å². The average Bonchev–Trinajstić information content (AvgIpc) is 3.07. The molecule has 1 heterocycles. The van der Waals surface area contributed by atoms with E-state index in [0.29, 0.717) is 31.9 Å². The Morgan fingerprint density at radius 3 is 2.40 bits per heavy atom. The van der Waals surface area contributed by atoms with Gasteiger partial charge in [-0.1, -0.05) is 23.7 Å². The van der Waals surface area contributed by atoms with E-state index in [4.69, 9.17) is 16.3 Å². The first kappa shape index (κ1) is 22.1. The topological polar surface area (TPSA) is 51.2 Å². The van der Waals surface area contributed by atoms with Crippen LogP contribution in [0.5, 0.6) is 5.75 Å². The predicted octanol–water partition coefficient (Wildman–Crippen LogP) is 6.19. The Labute approximate surface area is 180 Å². The highest BCUT2D eigenvalue weighted by molar-refractivity contribution is 7.13. The van der Waals surface area contributed by atoms with Gasteiger partial charge in [0.25, 0.3) is 5.91 Å². The molecule has 0 aliphatic rings. The van der Waals surface area contributed by atoms with Gasteiger partial charge in [-0.05, 0) is 55.8 Å². The molecular formula is C21H18ClF3N2O2S. The Morgan fingerprint density at radius 1 is 1.17 bits per heavy atom. The number of hydrogen-bond donors (Lipinski definition) is 1. The van der Waals surface area contributed by atoms with Crippen LogP contribution in [-0.4, -0.2) is 10.9 Å². The first-order valence-electron chi connectivity index (χ1n) is 8.96. The fraction of sp³-hybridized carbons (Fsp3) is 0.238. The van der Waals surface area contributed by atoms with Crippen molar-refractivity contribution in [2.24, 2.45) is 0 Å². The Balaban J connectivity index is 1.63. The summed E-state index contributed by atoms with van der Waals surface area (Å²) < 4.78 is 43.7. The van der Waals surface area contributed by atoms with E-state index in [9.17, 15) is 18.0 Å². The lowest BCUT2D eigenvalue weighted by atomic mass is 10.1. The Bertz CT molecular complexity index is 1020. The number of alkyl halides is 3. The van der Waals surface area contributed by atoms with E-state index >= 15 is 0 Å². The van der Waals surface area contributed by atoms with Crippen LogP contribution in [0.3, 0.4) is 0 Å². The van der Waals surface area contributed by atoms with Crippen molar-refractivity contribution in [3.05, 3.63) is 80.3 Å². The molecule has 0 saturated heterocycles. The van der Waals surface area contributed by atoms with Crippen LogP contribution in [0.1, 0.15) is 44.5 Å². The Hall–Kier alpha value is -2.58. The van der Waals surface area contributed by atoms with E-state index in [1.54, 1.807) is 38.1 Å². The fourth-order valence-corrected chi connectivity index (χ4v) is 3.71. The number of nitrogens with zero attached hydrogens (tertiary/aromatic N) is 1. The van der Waals surface area contributed by atoms with Crippen molar-refractivity contribution >= 4 is 28.8 Å². The van der Waals surface area contributed by atoms with Crippen LogP contribution in [0.4, 0.5) is 13.2 Å². The summed E-state index contributed by atoms with van der Waals surface area (Å²) in [6, 6.07) is 11.2. The summed E-state index contributed by atoms with van der Waals surface area (Å²) in [6.45, 7) is 3.64. The molecule has 1 N–H and O–H groups in total. The van der Waals surface area contributed by atoms with Crippen LogP contribution in [0.15, 0.2) is 48.5 Å². The normalized spacial score (nSPS) is 12.5. The molecule has 4 nitrogen and oxygen atoms in total. The van der Waals surface area contributed by atoms with Crippen LogP contribution in [0.2, 0.25) is 5.02 Å². The van der Waals surface area contributed by atoms with Gasteiger partial charge < -0.3 is 10.1 Å². The predicted molar refractivity (Wildman–Crippen MR) is 110 cm³/mol. The number of aryl methyl sites for hydroxylation is 1. The third kappa shape index (κ3) is 5.52. The second kappa shape index (κ2) is 9.06. The van der Waals surface area contributed by atoms with Gasteiger partial charge in [-0.25, -0.2) is 4.98 Å². The number of halogens is 4. The molecule has 0 fully saturated rings. The minimum atomic E-state index is -4.39. The van der Waals surface area contributed by atoms with Crippen molar-refractivity contribution in [3.63, 3.8) is 0 Å². The quantitative estimate of drug-likeness (QED) is 0.483. The van der Waals surface area contributed by atoms with Gasteiger partial charge in [-0.15, -0.1) is 11.3 Å². The number of aromatic nitrogens is 1. The average molecular weight is 455 g/mol. The number of benzene rings is 2. The molecular weight excluding hydrogens is 437 g/mol. The lowest BCUT2D eigenvalue weighted by Gasteiger charge is -2.15. The van der Waals surface area contributed by atoms with E-state index in [1.165, 1.54) is 23.5 Å². The van der Waals surface area contributed by atoms with Gasteiger partial charge in [-0.2, -0.15) is 13.2 Å². The van der Waals surface area contributed by atoms with Gasteiger partial charge in [0.15, 0.2) is 0 Å². The zero-order chi connectivity index (χ0) is 21.9. The molecule has 0 bridgehead atoms. The molecule has 3 aromatic rings. The summed E-state index contributed by atoms with van der Waals surface area (Å²) in [6.07, 6.45) is -4.39. The van der Waals surface area contributed by atoms with Crippen molar-refractivity contribution in [1.82, 2.24) is 10.3 Å². The largest absolute Gasteiger partial charge is 0.486 e. The summed E-state index contributed by atoms with van der Waals surface area (Å²) in [4.78, 5) is 17.4. The Kier molecular flexibility index (Phi) is 6.67. The number of carbonyl (C=O) groups excluding carboxylic acids is 1. The minimum absolute atomic E-state index is 0.203. The van der Waals surface area contributed by atoms with Gasteiger partial charge in [0.2, 0.25) is 0 Å². The van der Waals surface area contributed by atoms with Crippen molar-refractivity contribution < 1.29 is 22.7 Å². The van der Waals surface area contributed by atoms with Crippen molar-refractivity contribution in [1.29, 1.82) is 0 Å². The van der Waals surface area contributed by atoms with Gasteiger partial charge in [0.1, 0.15) is 22.2 Å². The summed E-state index contributed by atoms with van der Waals surface area (Å²) in [5, 5.41) is 4.04. The van der Waals surface area contributed by atoms with Crippen LogP contribution < -0.4 is 10.1 Å². The van der Waals surface area contributed by atoms with Crippen LogP contribution in [-0.2, 0) is 12.8 Å². The van der Waals surface area contributed by atoms with Crippen molar-refractivity contribution in [3.8, 4) is 5.75 Å². The number of carbonyl (C=O) groups is 1. The minimum Gasteiger partial charge on any atom is -0.486 e. The summed E-state index contributed by atoms with van der Waals surface area (Å²) in [5.41, 5.74) is 0.407. The van der Waals surface area contributed by atoms with E-state index in [-0.39, 0.29) is 12.5 Å². The number of thiazole rings is 1. The highest BCUT2D eigenvalue weighted by Crippen LogP contribution is 2.30. The highest BCUT2D eigenvalue weighted by Gasteiger charge is 2.30. The van der Waals surface area contributed by atoms with Gasteiger partial charge in [-0.3, -0.25) is 4.79 Å². The summed E-state index contributed by atoms with van der Waals surface area (Å²) in [7, 11) is 0. The molecule has 9 heteroatoms. The zero-order valence-electron chi connectivity index (χ0n) is 16.1. The van der Waals surface area contributed by atoms with E-state index in [1.807, 2.05) is 0 Å². The van der Waals surface area contributed by atoms with Crippen molar-refractivity contribution in [2.75, 3.05) is 0 Å². The van der Waals surface area contributed by atoms with E-state index in [2.05, 4.69) is 10.3 Å². The smallest absolute Gasteiger partial charge is 0.416 e. The van der Waals surface area contributed by atoms with Crippen LogP contribution in [0, 0.1) is 6.92 Å². The third-order valence-electron chi connectivity index (χ3n) is 4.31. The van der Waals surface area contributed by atoms with Gasteiger partial charge in [0, 0.05) is 5.02 Å². The maximum absolute atomic E-state index is 12.7. The van der Waals surface area contributed by atoms with Gasteiger partial charge >= 0.3 is 6.18 Å². The Morgan fingerprint density at radius 2 is 1.80 bits per heavy atom. The number of rotatable bonds is 6. The molecule has 0 aliphatic heterocycles. The highest BCUT2D eigenvalue weighted by atomic mass is 35.5. The van der Waals surface area contributed by atoms with E-state index in [0.717, 1.165) is 12.1 Å². The number of ether oxygens (including phenoxy) is 1. The monoisotopic (exact) mass is 454 g/mol. The van der Waals surface area contributed by atoms with Crippen LogP contribution >= 0.6 is 22.9 Å². The van der Waals surface area contributed by atoms with Crippen LogP contribution in [0.25, 0.3) is 0 Å². The lowest BCUT2D eigenvalue weighted by Crippen LogP contribution is -2.26. The molecule has 0 radical (unpaired) electrons. The molecule has 1 aromatic heterocycles. The second-order valence-corrected chi connectivity index (χ2v) is 8.10. The fourth-order valence-electron chi connectivity index (χ4n) is 2.71. The molecule has 0 unspecified atom stereocenters. The number of nitrogens with one attached hydrogen (secondary N) is 1. The molecule has 3 rings (SSSR count). The molecule has 0 spiro atoms. The zero-order valence-corrected chi connectivity index (χ0v) is 17.7. The first-order chi connectivity index (χ1) is 14.1. The lowest BCUT2D eigenvalue weighted by molar-refractivity contribution is -0.137. The molecule has 1 atom stereocenters. The molecule has 2 aromatic carbocycles. The number of hydrogen-bond acceptors (Lipinski definition) is 4. The maximum Gasteiger partial charge on any atom is 0.416 e. The molecule has 30 heavy (non-hydrogen) atoms. The second-order valence-electron chi connectivity index (χ2n) is 6.58. The maximum atomic E-state index is 12.7. The summed E-state index contributed by atoms with van der Waals surface area (Å²) >= 11 is 7.05. The first-order valence-corrected chi connectivity index (χ1v) is 10.2. The molecule has 158 valence electrons. The standard InChI is InChI=1S/C21H18ClF3N2O2S/c1-12(14-3-5-15(6-4-14)21(23,24)25)27-20(28)19-13(2)26-18(30-19)11-29-17-9-7-16(22)8-10-17/h3-10,12H,11H2,1-2H3,(H,27,28)/t12-/m0/s1. The third-order valence-corrected chi connectivity index (χ3v) is 5.69. The summed E-state index contributed by atoms with van der Waals surface area (Å²) in [5.74, 6) is 0.296. The van der Waals surface area contributed by atoms with Gasteiger partial charge in [0.05, 0.1) is 17.3 Å². The molecule has 0 aliphatic carbocycles. The molecule has 1 amide bonds. The molecule has 0 saturated carbocycles.